The molecule has 1 atom stereocenters. The summed E-state index contributed by atoms with van der Waals surface area (Å²) >= 11 is 0. The van der Waals surface area contributed by atoms with Gasteiger partial charge in [-0.25, -0.2) is 4.39 Å². The lowest BCUT2D eigenvalue weighted by molar-refractivity contribution is -0.132. The highest BCUT2D eigenvalue weighted by Gasteiger charge is 2.46. The molecule has 2 aliphatic heterocycles. The van der Waals surface area contributed by atoms with Crippen molar-refractivity contribution in [2.75, 3.05) is 20.1 Å². The first-order chi connectivity index (χ1) is 14.8. The van der Waals surface area contributed by atoms with E-state index in [1.165, 1.54) is 27.8 Å². The van der Waals surface area contributed by atoms with Crippen LogP contribution in [0.4, 0.5) is 4.39 Å². The average molecular weight is 427 g/mol. The highest BCUT2D eigenvalue weighted by Crippen LogP contribution is 2.26. The zero-order valence-corrected chi connectivity index (χ0v) is 17.7. The number of amides is 3. The Morgan fingerprint density at radius 2 is 1.84 bits per heavy atom. The Balaban J connectivity index is 1.51. The number of hydrogen-bond donors (Lipinski definition) is 1. The molecule has 1 N–H and O–H groups in total. The maximum absolute atomic E-state index is 13.1. The second-order valence-electron chi connectivity index (χ2n) is 8.37. The van der Waals surface area contributed by atoms with E-state index in [1.807, 2.05) is 0 Å². The molecule has 1 unspecified atom stereocenters. The predicted molar refractivity (Wildman–Crippen MR) is 111 cm³/mol. The Hall–Kier alpha value is -3.23. The van der Waals surface area contributed by atoms with Gasteiger partial charge in [-0.1, -0.05) is 12.1 Å². The fraction of sp³-hybridized carbons (Fsp3) is 0.455. The molecule has 0 spiro atoms. The molecule has 3 heterocycles. The number of piperidine rings is 1. The third kappa shape index (κ3) is 3.92. The lowest BCUT2D eigenvalue weighted by atomic mass is 9.96. The van der Waals surface area contributed by atoms with Crippen molar-refractivity contribution in [1.82, 2.24) is 24.9 Å². The van der Waals surface area contributed by atoms with E-state index in [4.69, 9.17) is 0 Å². The summed E-state index contributed by atoms with van der Waals surface area (Å²) in [5.41, 5.74) is 0.0975. The molecule has 1 aromatic heterocycles. The van der Waals surface area contributed by atoms with E-state index in [-0.39, 0.29) is 42.3 Å². The van der Waals surface area contributed by atoms with Gasteiger partial charge in [-0.3, -0.25) is 19.1 Å². The van der Waals surface area contributed by atoms with Crippen LogP contribution >= 0.6 is 0 Å². The van der Waals surface area contributed by atoms with E-state index in [0.717, 1.165) is 24.8 Å². The first-order valence-corrected chi connectivity index (χ1v) is 10.5. The number of hydrogen-bond acceptors (Lipinski definition) is 4. The van der Waals surface area contributed by atoms with Gasteiger partial charge in [-0.15, -0.1) is 0 Å². The van der Waals surface area contributed by atoms with Crippen LogP contribution in [0, 0.1) is 5.82 Å². The summed E-state index contributed by atoms with van der Waals surface area (Å²) in [7, 11) is 1.57. The standard InChI is InChI=1S/C22H26FN5O3/c1-22(21(31)24-13-15-6-8-16(23)9-7-15)14-28-18(20(30)26(22)2)12-17(25-28)19(29)27-10-4-3-5-11-27/h6-9,12H,3-5,10-11,13-14H2,1-2H3,(H,24,31). The van der Waals surface area contributed by atoms with Crippen LogP contribution < -0.4 is 5.32 Å². The number of nitrogens with zero attached hydrogens (tertiary/aromatic N) is 4. The van der Waals surface area contributed by atoms with E-state index in [2.05, 4.69) is 10.4 Å². The van der Waals surface area contributed by atoms with Crippen LogP contribution in [0.5, 0.6) is 0 Å². The maximum atomic E-state index is 13.1. The van der Waals surface area contributed by atoms with Crippen molar-refractivity contribution in [3.8, 4) is 0 Å². The normalized spacial score (nSPS) is 21.1. The highest BCUT2D eigenvalue weighted by molar-refractivity contribution is 6.01. The molecule has 1 fully saturated rings. The summed E-state index contributed by atoms with van der Waals surface area (Å²) in [5.74, 6) is -1.24. The fourth-order valence-electron chi connectivity index (χ4n) is 4.07. The van der Waals surface area contributed by atoms with Gasteiger partial charge in [0.2, 0.25) is 5.91 Å². The first-order valence-electron chi connectivity index (χ1n) is 10.5. The minimum absolute atomic E-state index is 0.132. The molecule has 0 saturated carbocycles. The molecule has 8 nitrogen and oxygen atoms in total. The van der Waals surface area contributed by atoms with Gasteiger partial charge in [0, 0.05) is 32.7 Å². The average Bonchev–Trinajstić information content (AvgIpc) is 3.20. The zero-order chi connectivity index (χ0) is 22.2. The summed E-state index contributed by atoms with van der Waals surface area (Å²) in [6.07, 6.45) is 3.04. The molecule has 31 heavy (non-hydrogen) atoms. The molecule has 3 amide bonds. The first kappa shape index (κ1) is 21.0. The van der Waals surface area contributed by atoms with E-state index >= 15 is 0 Å². The second-order valence-corrected chi connectivity index (χ2v) is 8.37. The maximum Gasteiger partial charge on any atom is 0.274 e. The largest absolute Gasteiger partial charge is 0.350 e. The number of aromatic nitrogens is 2. The van der Waals surface area contributed by atoms with E-state index in [0.29, 0.717) is 18.8 Å². The van der Waals surface area contributed by atoms with Crippen molar-refractivity contribution in [3.05, 3.63) is 53.1 Å². The number of halogens is 1. The smallest absolute Gasteiger partial charge is 0.274 e. The van der Waals surface area contributed by atoms with Gasteiger partial charge in [-0.2, -0.15) is 5.10 Å². The molecule has 0 radical (unpaired) electrons. The Morgan fingerprint density at radius 3 is 2.52 bits per heavy atom. The van der Waals surface area contributed by atoms with Crippen LogP contribution in [0.2, 0.25) is 0 Å². The van der Waals surface area contributed by atoms with Crippen LogP contribution in [-0.2, 0) is 17.9 Å². The molecular formula is C22H26FN5O3. The molecule has 4 rings (SSSR count). The SMILES string of the molecule is CN1C(=O)c2cc(C(=O)N3CCCCC3)nn2CC1(C)C(=O)NCc1ccc(F)cc1. The van der Waals surface area contributed by atoms with Crippen molar-refractivity contribution in [2.24, 2.45) is 0 Å². The number of carbonyl (C=O) groups excluding carboxylic acids is 3. The Bertz CT molecular complexity index is 1010. The third-order valence-electron chi connectivity index (χ3n) is 6.22. The molecule has 0 bridgehead atoms. The molecule has 0 aliphatic carbocycles. The fourth-order valence-corrected chi connectivity index (χ4v) is 4.07. The molecule has 1 saturated heterocycles. The number of fused-ring (bicyclic) bond motifs is 1. The van der Waals surface area contributed by atoms with Crippen molar-refractivity contribution in [3.63, 3.8) is 0 Å². The van der Waals surface area contributed by atoms with Crippen LogP contribution in [0.25, 0.3) is 0 Å². The predicted octanol–water partition coefficient (Wildman–Crippen LogP) is 1.81. The summed E-state index contributed by atoms with van der Waals surface area (Å²) in [5, 5.41) is 7.19. The minimum Gasteiger partial charge on any atom is -0.350 e. The minimum atomic E-state index is -1.18. The number of likely N-dealkylation sites (tertiary alicyclic amines) is 1. The zero-order valence-electron chi connectivity index (χ0n) is 17.7. The summed E-state index contributed by atoms with van der Waals surface area (Å²) in [6.45, 7) is 3.40. The van der Waals surface area contributed by atoms with E-state index in [9.17, 15) is 18.8 Å². The van der Waals surface area contributed by atoms with Gasteiger partial charge >= 0.3 is 0 Å². The summed E-state index contributed by atoms with van der Waals surface area (Å²) in [4.78, 5) is 42.0. The van der Waals surface area contributed by atoms with Gasteiger partial charge in [0.15, 0.2) is 5.69 Å². The third-order valence-corrected chi connectivity index (χ3v) is 6.22. The van der Waals surface area contributed by atoms with E-state index < -0.39 is 5.54 Å². The van der Waals surface area contributed by atoms with Gasteiger partial charge in [-0.05, 0) is 43.9 Å². The molecule has 164 valence electrons. The number of benzene rings is 1. The Kier molecular flexibility index (Phi) is 5.51. The van der Waals surface area contributed by atoms with Crippen molar-refractivity contribution < 1.29 is 18.8 Å². The molecule has 1 aromatic carbocycles. The lowest BCUT2D eigenvalue weighted by Gasteiger charge is -2.40. The van der Waals surface area contributed by atoms with Gasteiger partial charge in [0.05, 0.1) is 6.54 Å². The molecular weight excluding hydrogens is 401 g/mol. The summed E-state index contributed by atoms with van der Waals surface area (Å²) < 4.78 is 14.5. The second kappa shape index (κ2) is 8.13. The number of nitrogens with one attached hydrogen (secondary N) is 1. The lowest BCUT2D eigenvalue weighted by Crippen LogP contribution is -2.62. The van der Waals surface area contributed by atoms with E-state index in [1.54, 1.807) is 31.0 Å². The van der Waals surface area contributed by atoms with Gasteiger partial charge in [0.25, 0.3) is 11.8 Å². The van der Waals surface area contributed by atoms with Gasteiger partial charge in [0.1, 0.15) is 17.1 Å². The highest BCUT2D eigenvalue weighted by atomic mass is 19.1. The molecule has 2 aromatic rings. The number of rotatable bonds is 4. The van der Waals surface area contributed by atoms with Crippen molar-refractivity contribution in [2.45, 2.75) is 44.8 Å². The quantitative estimate of drug-likeness (QED) is 0.806. The molecule has 9 heteroatoms. The molecule has 2 aliphatic rings. The van der Waals surface area contributed by atoms with Crippen molar-refractivity contribution >= 4 is 17.7 Å². The Morgan fingerprint density at radius 1 is 1.16 bits per heavy atom. The van der Waals surface area contributed by atoms with Crippen LogP contribution in [0.15, 0.2) is 30.3 Å². The van der Waals surface area contributed by atoms with Crippen molar-refractivity contribution in [1.29, 1.82) is 0 Å². The van der Waals surface area contributed by atoms with Gasteiger partial charge < -0.3 is 15.1 Å². The Labute approximate surface area is 180 Å². The van der Waals surface area contributed by atoms with Crippen LogP contribution in [0.1, 0.15) is 52.7 Å². The monoisotopic (exact) mass is 427 g/mol. The van der Waals surface area contributed by atoms with Crippen LogP contribution in [-0.4, -0.2) is 63.0 Å². The summed E-state index contributed by atoms with van der Waals surface area (Å²) in [6, 6.07) is 7.37. The number of carbonyl (C=O) groups is 3. The topological polar surface area (TPSA) is 87.5 Å². The van der Waals surface area contributed by atoms with Crippen LogP contribution in [0.3, 0.4) is 0 Å². The number of likely N-dealkylation sites (N-methyl/N-ethyl adjacent to an activating group) is 1.